The molecule has 0 aliphatic rings. The Labute approximate surface area is 162 Å². The predicted octanol–water partition coefficient (Wildman–Crippen LogP) is 1.60. The van der Waals surface area contributed by atoms with Crippen molar-refractivity contribution in [2.24, 2.45) is 0 Å². The van der Waals surface area contributed by atoms with Crippen molar-refractivity contribution < 1.29 is 26.4 Å². The number of hydrogen-bond donors (Lipinski definition) is 2. The Bertz CT molecular complexity index is 1100. The lowest BCUT2D eigenvalue weighted by molar-refractivity contribution is -0.137. The highest BCUT2D eigenvalue weighted by atomic mass is 32.2. The van der Waals surface area contributed by atoms with Gasteiger partial charge in [0.05, 0.1) is 28.9 Å². The summed E-state index contributed by atoms with van der Waals surface area (Å²) in [6.45, 7) is -0.677. The first kappa shape index (κ1) is 20.4. The molecule has 0 unspecified atom stereocenters. The molecule has 0 aliphatic heterocycles. The third-order valence-electron chi connectivity index (χ3n) is 3.58. The van der Waals surface area contributed by atoms with Gasteiger partial charge in [0, 0.05) is 0 Å². The summed E-state index contributed by atoms with van der Waals surface area (Å²) in [5, 5.41) is 6.31. The first-order chi connectivity index (χ1) is 13.6. The molecule has 2 heterocycles. The van der Waals surface area contributed by atoms with E-state index in [1.54, 1.807) is 6.07 Å². The van der Waals surface area contributed by atoms with Crippen LogP contribution in [0.25, 0.3) is 5.82 Å². The van der Waals surface area contributed by atoms with Gasteiger partial charge in [-0.05, 0) is 30.3 Å². The van der Waals surface area contributed by atoms with E-state index in [1.165, 1.54) is 29.6 Å². The Hall–Kier alpha value is -3.32. The zero-order chi connectivity index (χ0) is 21.1. The van der Waals surface area contributed by atoms with Crippen LogP contribution in [0.15, 0.2) is 60.1 Å². The van der Waals surface area contributed by atoms with Crippen LogP contribution in [0.2, 0.25) is 0 Å². The van der Waals surface area contributed by atoms with Gasteiger partial charge in [-0.25, -0.2) is 27.8 Å². The van der Waals surface area contributed by atoms with Gasteiger partial charge in [-0.3, -0.25) is 4.79 Å². The van der Waals surface area contributed by atoms with Gasteiger partial charge < -0.3 is 5.32 Å². The lowest BCUT2D eigenvalue weighted by Crippen LogP contribution is -2.33. The molecule has 2 N–H and O–H groups in total. The highest BCUT2D eigenvalue weighted by Crippen LogP contribution is 2.30. The van der Waals surface area contributed by atoms with E-state index in [0.717, 1.165) is 18.2 Å². The van der Waals surface area contributed by atoms with Gasteiger partial charge in [-0.2, -0.15) is 18.3 Å². The van der Waals surface area contributed by atoms with E-state index in [-0.39, 0.29) is 5.69 Å². The van der Waals surface area contributed by atoms with Gasteiger partial charge in [-0.15, -0.1) is 0 Å². The molecule has 0 saturated heterocycles. The summed E-state index contributed by atoms with van der Waals surface area (Å²) in [6.07, 6.45) is -0.596. The molecule has 3 aromatic rings. The maximum absolute atomic E-state index is 12.7. The summed E-state index contributed by atoms with van der Waals surface area (Å²) < 4.78 is 65.9. The molecule has 0 spiro atoms. The van der Waals surface area contributed by atoms with Gasteiger partial charge in [0.2, 0.25) is 15.9 Å². The lowest BCUT2D eigenvalue weighted by atomic mass is 10.2. The Morgan fingerprint density at radius 3 is 2.59 bits per heavy atom. The molecular formula is C16H13F3N6O3S. The zero-order valence-corrected chi connectivity index (χ0v) is 15.3. The molecule has 2 aromatic heterocycles. The second-order valence-corrected chi connectivity index (χ2v) is 7.41. The second kappa shape index (κ2) is 7.97. The minimum Gasteiger partial charge on any atom is -0.324 e. The van der Waals surface area contributed by atoms with Crippen LogP contribution in [0.5, 0.6) is 0 Å². The van der Waals surface area contributed by atoms with E-state index in [1.807, 2.05) is 4.72 Å². The highest BCUT2D eigenvalue weighted by Gasteiger charge is 2.31. The molecule has 9 nitrogen and oxygen atoms in total. The molecule has 3 rings (SSSR count). The number of amides is 1. The van der Waals surface area contributed by atoms with Crippen LogP contribution >= 0.6 is 0 Å². The van der Waals surface area contributed by atoms with Gasteiger partial charge >= 0.3 is 6.18 Å². The zero-order valence-electron chi connectivity index (χ0n) is 14.5. The van der Waals surface area contributed by atoms with Crippen molar-refractivity contribution in [3.63, 3.8) is 0 Å². The molecule has 0 bridgehead atoms. The molecule has 0 radical (unpaired) electrons. The number of anilines is 1. The molecule has 29 heavy (non-hydrogen) atoms. The number of rotatable bonds is 6. The van der Waals surface area contributed by atoms with Crippen molar-refractivity contribution in [1.82, 2.24) is 24.5 Å². The smallest absolute Gasteiger partial charge is 0.324 e. The third kappa shape index (κ3) is 5.14. The summed E-state index contributed by atoms with van der Waals surface area (Å²) in [4.78, 5) is 19.2. The SMILES string of the molecule is O=C(CNS(=O)(=O)c1cccc(C(F)(F)F)c1)Nc1ccc(-n2cncn2)nc1. The highest BCUT2D eigenvalue weighted by molar-refractivity contribution is 7.89. The maximum Gasteiger partial charge on any atom is 0.416 e. The molecule has 0 aliphatic carbocycles. The minimum atomic E-state index is -4.69. The number of nitrogens with zero attached hydrogens (tertiary/aromatic N) is 4. The fourth-order valence-corrected chi connectivity index (χ4v) is 3.24. The van der Waals surface area contributed by atoms with Crippen molar-refractivity contribution in [1.29, 1.82) is 0 Å². The van der Waals surface area contributed by atoms with Crippen molar-refractivity contribution in [3.05, 3.63) is 60.8 Å². The third-order valence-corrected chi connectivity index (χ3v) is 4.98. The van der Waals surface area contributed by atoms with E-state index in [9.17, 15) is 26.4 Å². The molecule has 1 aromatic carbocycles. The largest absolute Gasteiger partial charge is 0.416 e. The number of carbonyl (C=O) groups excluding carboxylic acids is 1. The number of benzene rings is 1. The van der Waals surface area contributed by atoms with E-state index in [2.05, 4.69) is 20.4 Å². The van der Waals surface area contributed by atoms with Crippen LogP contribution in [0.1, 0.15) is 5.56 Å². The molecule has 1 amide bonds. The number of aromatic nitrogens is 4. The number of hydrogen-bond acceptors (Lipinski definition) is 6. The predicted molar refractivity (Wildman–Crippen MR) is 94.4 cm³/mol. The summed E-state index contributed by atoms with van der Waals surface area (Å²) in [5.41, 5.74) is -0.819. The first-order valence-corrected chi connectivity index (χ1v) is 9.41. The van der Waals surface area contributed by atoms with Gasteiger partial charge in [0.25, 0.3) is 0 Å². The van der Waals surface area contributed by atoms with Crippen LogP contribution in [-0.2, 0) is 21.0 Å². The van der Waals surface area contributed by atoms with Gasteiger partial charge in [-0.1, -0.05) is 6.07 Å². The summed E-state index contributed by atoms with van der Waals surface area (Å²) in [6, 6.07) is 6.29. The Kier molecular flexibility index (Phi) is 5.61. The summed E-state index contributed by atoms with van der Waals surface area (Å²) in [7, 11) is -4.31. The topological polar surface area (TPSA) is 119 Å². The van der Waals surface area contributed by atoms with Crippen LogP contribution in [0, 0.1) is 0 Å². The van der Waals surface area contributed by atoms with Crippen LogP contribution < -0.4 is 10.0 Å². The molecule has 0 fully saturated rings. The standard InChI is InChI=1S/C16H13F3N6O3S/c17-16(18,19)11-2-1-3-13(6-11)29(27,28)23-8-15(26)24-12-4-5-14(21-7-12)25-10-20-9-22-25/h1-7,9-10,23H,8H2,(H,24,26). The van der Waals surface area contributed by atoms with Gasteiger partial charge in [0.15, 0.2) is 5.82 Å². The van der Waals surface area contributed by atoms with E-state index in [0.29, 0.717) is 11.9 Å². The quantitative estimate of drug-likeness (QED) is 0.618. The van der Waals surface area contributed by atoms with Crippen molar-refractivity contribution in [3.8, 4) is 5.82 Å². The fraction of sp³-hybridized carbons (Fsp3) is 0.125. The summed E-state index contributed by atoms with van der Waals surface area (Å²) >= 11 is 0. The number of pyridine rings is 1. The maximum atomic E-state index is 12.7. The Morgan fingerprint density at radius 1 is 1.17 bits per heavy atom. The monoisotopic (exact) mass is 426 g/mol. The van der Waals surface area contributed by atoms with E-state index < -0.39 is 39.1 Å². The van der Waals surface area contributed by atoms with Crippen molar-refractivity contribution in [2.75, 3.05) is 11.9 Å². The number of nitrogens with one attached hydrogen (secondary N) is 2. The normalized spacial score (nSPS) is 12.0. The fourth-order valence-electron chi connectivity index (χ4n) is 2.21. The van der Waals surface area contributed by atoms with Crippen molar-refractivity contribution >= 4 is 21.6 Å². The average molecular weight is 426 g/mol. The number of carbonyl (C=O) groups is 1. The van der Waals surface area contributed by atoms with E-state index in [4.69, 9.17) is 0 Å². The number of sulfonamides is 1. The average Bonchev–Trinajstić information content (AvgIpc) is 3.21. The molecular weight excluding hydrogens is 413 g/mol. The molecule has 0 atom stereocenters. The number of alkyl halides is 3. The minimum absolute atomic E-state index is 0.289. The van der Waals surface area contributed by atoms with Gasteiger partial charge in [0.1, 0.15) is 12.7 Å². The molecule has 13 heteroatoms. The Morgan fingerprint density at radius 2 is 1.97 bits per heavy atom. The summed E-state index contributed by atoms with van der Waals surface area (Å²) in [5.74, 6) is -0.276. The molecule has 152 valence electrons. The first-order valence-electron chi connectivity index (χ1n) is 7.93. The van der Waals surface area contributed by atoms with Crippen LogP contribution in [0.3, 0.4) is 0 Å². The number of halogens is 3. The van der Waals surface area contributed by atoms with E-state index >= 15 is 0 Å². The lowest BCUT2D eigenvalue weighted by Gasteiger charge is -2.10. The van der Waals surface area contributed by atoms with Crippen LogP contribution in [0.4, 0.5) is 18.9 Å². The Balaban J connectivity index is 1.61. The second-order valence-electron chi connectivity index (χ2n) is 5.64. The van der Waals surface area contributed by atoms with Crippen LogP contribution in [-0.4, -0.2) is 40.6 Å². The van der Waals surface area contributed by atoms with Crippen molar-refractivity contribution in [2.45, 2.75) is 11.1 Å². The molecule has 0 saturated carbocycles.